The molecule has 0 aromatic heterocycles. The summed E-state index contributed by atoms with van der Waals surface area (Å²) in [6.45, 7) is 1.62. The van der Waals surface area contributed by atoms with Gasteiger partial charge in [0.2, 0.25) is 0 Å². The van der Waals surface area contributed by atoms with Crippen LogP contribution in [0.2, 0.25) is 0 Å². The first kappa shape index (κ1) is 7.74. The lowest BCUT2D eigenvalue weighted by Crippen LogP contribution is -2.03. The van der Waals surface area contributed by atoms with Gasteiger partial charge in [-0.2, -0.15) is 0 Å². The second-order valence-electron chi connectivity index (χ2n) is 1.22. The molecule has 0 radical (unpaired) electrons. The van der Waals surface area contributed by atoms with E-state index in [9.17, 15) is 0 Å². The number of rotatable bonds is 0. The molecule has 1 heterocycles. The standard InChI is InChI=1S/C3H5NO.CH3NO2/c1-2-5-3-4-1;2-1(3)4/h3H,1-2H2;2H2,(H,3,4). The molecule has 3 N–H and O–H groups in total. The van der Waals surface area contributed by atoms with Crippen molar-refractivity contribution in [3.05, 3.63) is 0 Å². The van der Waals surface area contributed by atoms with E-state index in [1.165, 1.54) is 6.40 Å². The average molecular weight is 132 g/mol. The second-order valence-corrected chi connectivity index (χ2v) is 1.22. The fourth-order valence-corrected chi connectivity index (χ4v) is 0.264. The number of nitrogens with zero attached hydrogens (tertiary/aromatic N) is 1. The molecular weight excluding hydrogens is 124 g/mol. The average Bonchev–Trinajstić information content (AvgIpc) is 2.11. The fourth-order valence-electron chi connectivity index (χ4n) is 0.264. The number of aliphatic imine (C=N–C) groups is 1. The van der Waals surface area contributed by atoms with Gasteiger partial charge in [-0.1, -0.05) is 0 Å². The summed E-state index contributed by atoms with van der Waals surface area (Å²) in [5, 5.41) is 7.19. The third kappa shape index (κ3) is 10.8. The molecule has 0 aromatic rings. The van der Waals surface area contributed by atoms with Crippen molar-refractivity contribution in [2.45, 2.75) is 0 Å². The van der Waals surface area contributed by atoms with Crippen LogP contribution >= 0.6 is 0 Å². The molecule has 0 fully saturated rings. The van der Waals surface area contributed by atoms with Crippen molar-refractivity contribution in [2.24, 2.45) is 10.7 Å². The minimum atomic E-state index is -1.33. The Balaban J connectivity index is 0.000000148. The lowest BCUT2D eigenvalue weighted by Gasteiger charge is -1.76. The normalized spacial score (nSPS) is 13.3. The molecule has 0 saturated carbocycles. The molecule has 1 aliphatic heterocycles. The zero-order chi connectivity index (χ0) is 7.11. The molecule has 0 aliphatic carbocycles. The quantitative estimate of drug-likeness (QED) is 0.473. The van der Waals surface area contributed by atoms with E-state index < -0.39 is 6.09 Å². The number of hydrogen-bond donors (Lipinski definition) is 2. The van der Waals surface area contributed by atoms with Crippen molar-refractivity contribution in [1.29, 1.82) is 0 Å². The second kappa shape index (κ2) is 4.89. The van der Waals surface area contributed by atoms with Gasteiger partial charge in [0, 0.05) is 0 Å². The van der Waals surface area contributed by atoms with E-state index in [2.05, 4.69) is 15.5 Å². The topological polar surface area (TPSA) is 84.9 Å². The predicted molar refractivity (Wildman–Crippen MR) is 31.5 cm³/mol. The third-order valence-corrected chi connectivity index (χ3v) is 0.487. The number of hydrogen-bond acceptors (Lipinski definition) is 3. The summed E-state index contributed by atoms with van der Waals surface area (Å²) < 4.78 is 4.65. The molecule has 1 amide bonds. The Kier molecular flexibility index (Phi) is 4.20. The molecule has 0 saturated heterocycles. The molecule has 5 nitrogen and oxygen atoms in total. The Bertz CT molecular complexity index is 102. The zero-order valence-corrected chi connectivity index (χ0v) is 4.78. The first-order valence-electron chi connectivity index (χ1n) is 2.32. The van der Waals surface area contributed by atoms with Crippen molar-refractivity contribution in [1.82, 2.24) is 0 Å². The molecule has 1 aliphatic rings. The van der Waals surface area contributed by atoms with Crippen LogP contribution in [-0.4, -0.2) is 30.8 Å². The van der Waals surface area contributed by atoms with Crippen LogP contribution in [0.25, 0.3) is 0 Å². The van der Waals surface area contributed by atoms with Crippen molar-refractivity contribution in [2.75, 3.05) is 13.2 Å². The molecule has 0 spiro atoms. The minimum Gasteiger partial charge on any atom is -0.482 e. The van der Waals surface area contributed by atoms with Crippen LogP contribution in [0.5, 0.6) is 0 Å². The van der Waals surface area contributed by atoms with Crippen molar-refractivity contribution in [3.63, 3.8) is 0 Å². The van der Waals surface area contributed by atoms with E-state index in [0.29, 0.717) is 0 Å². The Morgan fingerprint density at radius 1 is 1.89 bits per heavy atom. The Hall–Kier alpha value is -1.26. The zero-order valence-electron chi connectivity index (χ0n) is 4.78. The van der Waals surface area contributed by atoms with Crippen LogP contribution in [-0.2, 0) is 4.74 Å². The van der Waals surface area contributed by atoms with E-state index in [0.717, 1.165) is 13.2 Å². The summed E-state index contributed by atoms with van der Waals surface area (Å²) in [5.41, 5.74) is 4.03. The smallest absolute Gasteiger partial charge is 0.402 e. The summed E-state index contributed by atoms with van der Waals surface area (Å²) in [4.78, 5) is 12.5. The predicted octanol–water partition coefficient (Wildman–Crippen LogP) is -0.332. The summed E-state index contributed by atoms with van der Waals surface area (Å²) in [5.74, 6) is 0. The Morgan fingerprint density at radius 2 is 2.44 bits per heavy atom. The number of nitrogens with two attached hydrogens (primary N) is 1. The van der Waals surface area contributed by atoms with Crippen molar-refractivity contribution < 1.29 is 14.6 Å². The molecule has 0 atom stereocenters. The fraction of sp³-hybridized carbons (Fsp3) is 0.500. The van der Waals surface area contributed by atoms with Gasteiger partial charge in [0.25, 0.3) is 0 Å². The van der Waals surface area contributed by atoms with Crippen LogP contribution in [0.3, 0.4) is 0 Å². The first-order valence-corrected chi connectivity index (χ1v) is 2.32. The SMILES string of the molecule is C1=NCCO1.NC(=O)O. The van der Waals surface area contributed by atoms with Gasteiger partial charge < -0.3 is 15.6 Å². The summed E-state index contributed by atoms with van der Waals surface area (Å²) in [6.07, 6.45) is 0.153. The van der Waals surface area contributed by atoms with E-state index in [4.69, 9.17) is 9.90 Å². The van der Waals surface area contributed by atoms with Gasteiger partial charge in [-0.05, 0) is 0 Å². The van der Waals surface area contributed by atoms with Crippen LogP contribution < -0.4 is 5.73 Å². The molecule has 1 rings (SSSR count). The van der Waals surface area contributed by atoms with Crippen LogP contribution in [0.15, 0.2) is 4.99 Å². The maximum absolute atomic E-state index is 8.78. The van der Waals surface area contributed by atoms with Crippen molar-refractivity contribution in [3.8, 4) is 0 Å². The molecule has 0 bridgehead atoms. The Labute approximate surface area is 52.1 Å². The van der Waals surface area contributed by atoms with Crippen LogP contribution in [0, 0.1) is 0 Å². The van der Waals surface area contributed by atoms with E-state index >= 15 is 0 Å². The lowest BCUT2D eigenvalue weighted by molar-refractivity contribution is 0.205. The van der Waals surface area contributed by atoms with Crippen LogP contribution in [0.1, 0.15) is 0 Å². The maximum Gasteiger partial charge on any atom is 0.402 e. The molecule has 0 unspecified atom stereocenters. The minimum absolute atomic E-state index is 0.778. The van der Waals surface area contributed by atoms with Crippen molar-refractivity contribution >= 4 is 12.5 Å². The van der Waals surface area contributed by atoms with Gasteiger partial charge in [0.05, 0.1) is 6.54 Å². The number of amides is 1. The molecule has 9 heavy (non-hydrogen) atoms. The summed E-state index contributed by atoms with van der Waals surface area (Å²) in [6, 6.07) is 0. The monoisotopic (exact) mass is 132 g/mol. The van der Waals surface area contributed by atoms with E-state index in [1.54, 1.807) is 0 Å². The molecular formula is C4H8N2O3. The van der Waals surface area contributed by atoms with E-state index in [1.807, 2.05) is 0 Å². The number of carbonyl (C=O) groups is 1. The highest BCUT2D eigenvalue weighted by Crippen LogP contribution is 1.78. The summed E-state index contributed by atoms with van der Waals surface area (Å²) >= 11 is 0. The van der Waals surface area contributed by atoms with Gasteiger partial charge in [0.1, 0.15) is 6.61 Å². The number of ether oxygens (including phenoxy) is 1. The lowest BCUT2D eigenvalue weighted by atomic mass is 10.8. The summed E-state index contributed by atoms with van der Waals surface area (Å²) in [7, 11) is 0. The highest BCUT2D eigenvalue weighted by Gasteiger charge is 1.84. The first-order chi connectivity index (χ1) is 4.23. The number of carboxylic acid groups (broad SMARTS) is 1. The van der Waals surface area contributed by atoms with Gasteiger partial charge in [0.15, 0.2) is 6.40 Å². The van der Waals surface area contributed by atoms with Gasteiger partial charge in [-0.15, -0.1) is 0 Å². The van der Waals surface area contributed by atoms with E-state index in [-0.39, 0.29) is 0 Å². The molecule has 0 aromatic carbocycles. The highest BCUT2D eigenvalue weighted by molar-refractivity contribution is 5.61. The van der Waals surface area contributed by atoms with Gasteiger partial charge in [-0.3, -0.25) is 4.99 Å². The molecule has 52 valence electrons. The number of primary amides is 1. The van der Waals surface area contributed by atoms with Crippen LogP contribution in [0.4, 0.5) is 4.79 Å². The largest absolute Gasteiger partial charge is 0.482 e. The maximum atomic E-state index is 8.78. The third-order valence-electron chi connectivity index (χ3n) is 0.487. The Morgan fingerprint density at radius 3 is 2.56 bits per heavy atom. The highest BCUT2D eigenvalue weighted by atomic mass is 16.5. The van der Waals surface area contributed by atoms with Gasteiger partial charge in [-0.25, -0.2) is 4.79 Å². The molecule has 5 heteroatoms. The van der Waals surface area contributed by atoms with Gasteiger partial charge >= 0.3 is 6.09 Å².